The molecule has 0 unspecified atom stereocenters. The van der Waals surface area contributed by atoms with Crippen LogP contribution in [0.5, 0.6) is 5.75 Å². The van der Waals surface area contributed by atoms with E-state index in [1.54, 1.807) is 18.3 Å². The molecule has 0 aromatic heterocycles. The fraction of sp³-hybridized carbons (Fsp3) is 0.0909. The second-order valence-corrected chi connectivity index (χ2v) is 9.58. The van der Waals surface area contributed by atoms with Gasteiger partial charge in [-0.05, 0) is 105 Å². The standard InChI is InChI=1S/C22H16Cl2I2N2O2/c1-13-2-7-17(18(24)8-13)22(29)28-27-11-15-9-19(25)21(20(26)10-15)30-12-14-3-5-16(23)6-4-14/h2-11H,12H2,1H3,(H,28,29)/b27-11-. The van der Waals surface area contributed by atoms with Gasteiger partial charge in [-0.15, -0.1) is 0 Å². The van der Waals surface area contributed by atoms with Crippen LogP contribution in [0.15, 0.2) is 59.7 Å². The molecule has 0 heterocycles. The maximum atomic E-state index is 12.3. The summed E-state index contributed by atoms with van der Waals surface area (Å²) in [5.74, 6) is 0.447. The summed E-state index contributed by atoms with van der Waals surface area (Å²) >= 11 is 16.5. The third kappa shape index (κ3) is 6.32. The fourth-order valence-corrected chi connectivity index (χ4v) is 5.13. The fourth-order valence-electron chi connectivity index (χ4n) is 2.56. The lowest BCUT2D eigenvalue weighted by Crippen LogP contribution is -2.18. The maximum absolute atomic E-state index is 12.3. The summed E-state index contributed by atoms with van der Waals surface area (Å²) in [7, 11) is 0. The highest BCUT2D eigenvalue weighted by Gasteiger charge is 2.11. The van der Waals surface area contributed by atoms with Crippen LogP contribution in [-0.4, -0.2) is 12.1 Å². The number of ether oxygens (including phenoxy) is 1. The van der Waals surface area contributed by atoms with Gasteiger partial charge in [0.15, 0.2) is 0 Å². The van der Waals surface area contributed by atoms with Crippen LogP contribution in [0.2, 0.25) is 10.0 Å². The minimum Gasteiger partial charge on any atom is -0.487 e. The van der Waals surface area contributed by atoms with E-state index in [4.69, 9.17) is 27.9 Å². The van der Waals surface area contributed by atoms with E-state index in [-0.39, 0.29) is 5.91 Å². The number of carbonyl (C=O) groups is 1. The Labute approximate surface area is 212 Å². The van der Waals surface area contributed by atoms with E-state index in [1.807, 2.05) is 49.4 Å². The molecule has 4 nitrogen and oxygen atoms in total. The number of hydrogen-bond donors (Lipinski definition) is 1. The number of amides is 1. The number of nitrogens with zero attached hydrogens (tertiary/aromatic N) is 1. The van der Waals surface area contributed by atoms with Gasteiger partial charge in [0.1, 0.15) is 12.4 Å². The van der Waals surface area contributed by atoms with Crippen molar-refractivity contribution in [2.45, 2.75) is 13.5 Å². The number of nitrogens with one attached hydrogen (secondary N) is 1. The molecule has 30 heavy (non-hydrogen) atoms. The van der Waals surface area contributed by atoms with Crippen molar-refractivity contribution in [3.05, 3.63) is 94.0 Å². The van der Waals surface area contributed by atoms with Crippen LogP contribution >= 0.6 is 68.4 Å². The molecule has 0 fully saturated rings. The number of benzene rings is 3. The first-order chi connectivity index (χ1) is 14.3. The highest BCUT2D eigenvalue weighted by molar-refractivity contribution is 14.1. The van der Waals surface area contributed by atoms with Crippen molar-refractivity contribution in [1.29, 1.82) is 0 Å². The first kappa shape index (κ1) is 23.3. The SMILES string of the molecule is Cc1ccc(C(=O)N/N=C\c2cc(I)c(OCc3ccc(Cl)cc3)c(I)c2)c(Cl)c1. The highest BCUT2D eigenvalue weighted by Crippen LogP contribution is 2.29. The molecule has 3 aromatic carbocycles. The van der Waals surface area contributed by atoms with E-state index < -0.39 is 0 Å². The normalized spacial score (nSPS) is 11.0. The van der Waals surface area contributed by atoms with Crippen LogP contribution in [0.4, 0.5) is 0 Å². The monoisotopic (exact) mass is 664 g/mol. The molecule has 0 saturated heterocycles. The predicted octanol–water partition coefficient (Wildman–Crippen LogP) is 6.85. The lowest BCUT2D eigenvalue weighted by Gasteiger charge is -2.11. The molecule has 0 radical (unpaired) electrons. The average Bonchev–Trinajstić information content (AvgIpc) is 2.68. The smallest absolute Gasteiger partial charge is 0.272 e. The summed E-state index contributed by atoms with van der Waals surface area (Å²) in [6.45, 7) is 2.36. The minimum atomic E-state index is -0.358. The third-order valence-electron chi connectivity index (χ3n) is 4.07. The Hall–Kier alpha value is -1.36. The predicted molar refractivity (Wildman–Crippen MR) is 139 cm³/mol. The number of carbonyl (C=O) groups excluding carboxylic acids is 1. The van der Waals surface area contributed by atoms with Crippen molar-refractivity contribution in [2.75, 3.05) is 0 Å². The number of rotatable bonds is 6. The Morgan fingerprint density at radius 1 is 1.07 bits per heavy atom. The highest BCUT2D eigenvalue weighted by atomic mass is 127. The molecule has 8 heteroatoms. The molecule has 0 spiro atoms. The van der Waals surface area contributed by atoms with E-state index in [0.29, 0.717) is 22.2 Å². The summed E-state index contributed by atoms with van der Waals surface area (Å²) in [4.78, 5) is 12.3. The van der Waals surface area contributed by atoms with E-state index >= 15 is 0 Å². The van der Waals surface area contributed by atoms with Gasteiger partial charge < -0.3 is 4.74 Å². The van der Waals surface area contributed by atoms with Crippen LogP contribution in [0.25, 0.3) is 0 Å². The lowest BCUT2D eigenvalue weighted by molar-refractivity contribution is 0.0955. The van der Waals surface area contributed by atoms with Crippen molar-refractivity contribution in [3.63, 3.8) is 0 Å². The molecular formula is C22H16Cl2I2N2O2. The minimum absolute atomic E-state index is 0.358. The number of halogens is 4. The molecule has 0 atom stereocenters. The molecule has 1 N–H and O–H groups in total. The second kappa shape index (κ2) is 10.8. The summed E-state index contributed by atoms with van der Waals surface area (Å²) in [6.07, 6.45) is 1.59. The lowest BCUT2D eigenvalue weighted by atomic mass is 10.1. The zero-order chi connectivity index (χ0) is 21.7. The van der Waals surface area contributed by atoms with Gasteiger partial charge in [0.25, 0.3) is 5.91 Å². The zero-order valence-electron chi connectivity index (χ0n) is 15.8. The summed E-state index contributed by atoms with van der Waals surface area (Å²) < 4.78 is 7.88. The van der Waals surface area contributed by atoms with E-state index in [0.717, 1.165) is 29.6 Å². The number of aryl methyl sites for hydroxylation is 1. The van der Waals surface area contributed by atoms with Crippen molar-refractivity contribution >= 4 is 80.5 Å². The van der Waals surface area contributed by atoms with Crippen molar-refractivity contribution in [3.8, 4) is 5.75 Å². The Bertz CT molecular complexity index is 1080. The van der Waals surface area contributed by atoms with Gasteiger partial charge in [0.05, 0.1) is 23.9 Å². The average molecular weight is 665 g/mol. The zero-order valence-corrected chi connectivity index (χ0v) is 21.6. The van der Waals surface area contributed by atoms with E-state index in [2.05, 4.69) is 55.7 Å². The molecular weight excluding hydrogens is 649 g/mol. The molecule has 3 rings (SSSR count). The van der Waals surface area contributed by atoms with Crippen LogP contribution in [0.3, 0.4) is 0 Å². The maximum Gasteiger partial charge on any atom is 0.272 e. The van der Waals surface area contributed by atoms with Gasteiger partial charge in [0.2, 0.25) is 0 Å². The Morgan fingerprint density at radius 3 is 2.37 bits per heavy atom. The molecule has 0 aliphatic carbocycles. The molecule has 0 aliphatic heterocycles. The quantitative estimate of drug-likeness (QED) is 0.178. The Morgan fingerprint density at radius 2 is 1.73 bits per heavy atom. The molecule has 0 bridgehead atoms. The first-order valence-corrected chi connectivity index (χ1v) is 11.7. The van der Waals surface area contributed by atoms with Crippen molar-refractivity contribution in [2.24, 2.45) is 5.10 Å². The number of hydrogen-bond acceptors (Lipinski definition) is 3. The van der Waals surface area contributed by atoms with Gasteiger partial charge in [-0.25, -0.2) is 5.43 Å². The van der Waals surface area contributed by atoms with Gasteiger partial charge >= 0.3 is 0 Å². The van der Waals surface area contributed by atoms with Crippen LogP contribution in [-0.2, 0) is 6.61 Å². The van der Waals surface area contributed by atoms with E-state index in [1.165, 1.54) is 0 Å². The molecule has 0 saturated carbocycles. The van der Waals surface area contributed by atoms with Gasteiger partial charge in [0, 0.05) is 5.02 Å². The van der Waals surface area contributed by atoms with Crippen LogP contribution in [0, 0.1) is 14.1 Å². The van der Waals surface area contributed by atoms with E-state index in [9.17, 15) is 4.79 Å². The molecule has 1 amide bonds. The summed E-state index contributed by atoms with van der Waals surface area (Å²) in [6, 6.07) is 16.7. The Balaban J connectivity index is 1.65. The molecule has 154 valence electrons. The summed E-state index contributed by atoms with van der Waals surface area (Å²) in [5, 5.41) is 5.15. The summed E-state index contributed by atoms with van der Waals surface area (Å²) in [5.41, 5.74) is 5.77. The third-order valence-corrected chi connectivity index (χ3v) is 6.23. The van der Waals surface area contributed by atoms with Crippen LogP contribution < -0.4 is 10.2 Å². The van der Waals surface area contributed by atoms with Crippen LogP contribution in [0.1, 0.15) is 27.0 Å². The molecule has 0 aliphatic rings. The number of hydrazone groups is 1. The first-order valence-electron chi connectivity index (χ1n) is 8.79. The van der Waals surface area contributed by atoms with Gasteiger partial charge in [-0.1, -0.05) is 41.4 Å². The topological polar surface area (TPSA) is 50.7 Å². The second-order valence-electron chi connectivity index (χ2n) is 6.41. The molecule has 3 aromatic rings. The largest absolute Gasteiger partial charge is 0.487 e. The van der Waals surface area contributed by atoms with Gasteiger partial charge in [-0.2, -0.15) is 5.10 Å². The van der Waals surface area contributed by atoms with Gasteiger partial charge in [-0.3, -0.25) is 4.79 Å². The Kier molecular flexibility index (Phi) is 8.38. The van der Waals surface area contributed by atoms with Crippen molar-refractivity contribution < 1.29 is 9.53 Å². The van der Waals surface area contributed by atoms with Crippen molar-refractivity contribution in [1.82, 2.24) is 5.43 Å².